The van der Waals surface area contributed by atoms with Crippen molar-refractivity contribution in [1.82, 2.24) is 9.88 Å². The minimum absolute atomic E-state index is 0.0814. The molecule has 1 heterocycles. The van der Waals surface area contributed by atoms with Crippen LogP contribution in [0.25, 0.3) is 0 Å². The van der Waals surface area contributed by atoms with E-state index in [1.54, 1.807) is 42.0 Å². The second kappa shape index (κ2) is 7.76. The van der Waals surface area contributed by atoms with Gasteiger partial charge >= 0.3 is 0 Å². The van der Waals surface area contributed by atoms with Gasteiger partial charge in [-0.25, -0.2) is 4.98 Å². The van der Waals surface area contributed by atoms with Crippen molar-refractivity contribution in [3.8, 4) is 0 Å². The average molecular weight is 288 g/mol. The van der Waals surface area contributed by atoms with Crippen molar-refractivity contribution in [2.24, 2.45) is 0 Å². The molecule has 1 amide bonds. The zero-order valence-corrected chi connectivity index (χ0v) is 12.7. The first-order valence-corrected chi connectivity index (χ1v) is 7.93. The Labute approximate surface area is 116 Å². The van der Waals surface area contributed by atoms with Gasteiger partial charge < -0.3 is 10.0 Å². The maximum absolute atomic E-state index is 11.7. The summed E-state index contributed by atoms with van der Waals surface area (Å²) in [4.78, 5) is 17.6. The van der Waals surface area contributed by atoms with Gasteiger partial charge in [0, 0.05) is 36.9 Å². The topological polar surface area (TPSA) is 53.4 Å². The molecule has 1 unspecified atom stereocenters. The van der Waals surface area contributed by atoms with Gasteiger partial charge in [-0.15, -0.1) is 11.3 Å². The van der Waals surface area contributed by atoms with Crippen molar-refractivity contribution in [2.45, 2.75) is 32.1 Å². The Hall–Kier alpha value is -0.590. The molecule has 6 heteroatoms. The number of nitrogens with zero attached hydrogens (tertiary/aromatic N) is 2. The Morgan fingerprint density at radius 3 is 2.94 bits per heavy atom. The summed E-state index contributed by atoms with van der Waals surface area (Å²) in [7, 11) is 1.73. The molecule has 1 aromatic rings. The Kier molecular flexibility index (Phi) is 6.67. The molecule has 1 rings (SSSR count). The number of aromatic nitrogens is 1. The SMILES string of the molecule is Cc1nc(CSCCC(=O)N(C)CC(C)O)cs1. The maximum atomic E-state index is 11.7. The fourth-order valence-electron chi connectivity index (χ4n) is 1.50. The molecule has 0 bridgehead atoms. The maximum Gasteiger partial charge on any atom is 0.223 e. The summed E-state index contributed by atoms with van der Waals surface area (Å²) in [5.74, 6) is 1.73. The van der Waals surface area contributed by atoms with E-state index in [0.717, 1.165) is 22.2 Å². The number of thiazole rings is 1. The van der Waals surface area contributed by atoms with Crippen molar-refractivity contribution < 1.29 is 9.90 Å². The van der Waals surface area contributed by atoms with Crippen molar-refractivity contribution in [3.63, 3.8) is 0 Å². The lowest BCUT2D eigenvalue weighted by Crippen LogP contribution is -2.33. The van der Waals surface area contributed by atoms with Crippen LogP contribution < -0.4 is 0 Å². The Morgan fingerprint density at radius 1 is 1.67 bits per heavy atom. The van der Waals surface area contributed by atoms with Crippen molar-refractivity contribution in [3.05, 3.63) is 16.1 Å². The van der Waals surface area contributed by atoms with Gasteiger partial charge in [-0.1, -0.05) is 0 Å². The largest absolute Gasteiger partial charge is 0.392 e. The van der Waals surface area contributed by atoms with Crippen LogP contribution in [0, 0.1) is 6.92 Å². The second-order valence-electron chi connectivity index (χ2n) is 4.28. The van der Waals surface area contributed by atoms with Crippen LogP contribution in [0.1, 0.15) is 24.0 Å². The standard InChI is InChI=1S/C12H20N2O2S2/c1-9(15)6-14(3)12(16)4-5-17-7-11-8-18-10(2)13-11/h8-9,15H,4-7H2,1-3H3. The lowest BCUT2D eigenvalue weighted by atomic mass is 10.3. The van der Waals surface area contributed by atoms with E-state index >= 15 is 0 Å². The van der Waals surface area contributed by atoms with Gasteiger partial charge in [0.2, 0.25) is 5.91 Å². The molecule has 1 aromatic heterocycles. The number of aliphatic hydroxyl groups is 1. The molecule has 0 aromatic carbocycles. The number of carbonyl (C=O) groups excluding carboxylic acids is 1. The van der Waals surface area contributed by atoms with Crippen LogP contribution in [0.2, 0.25) is 0 Å². The van der Waals surface area contributed by atoms with E-state index in [2.05, 4.69) is 10.4 Å². The summed E-state index contributed by atoms with van der Waals surface area (Å²) < 4.78 is 0. The molecule has 0 saturated heterocycles. The number of carbonyl (C=O) groups is 1. The van der Waals surface area contributed by atoms with Crippen LogP contribution in [0.3, 0.4) is 0 Å². The first-order chi connectivity index (χ1) is 8.49. The summed E-state index contributed by atoms with van der Waals surface area (Å²) in [6, 6.07) is 0. The van der Waals surface area contributed by atoms with E-state index in [0.29, 0.717) is 13.0 Å². The molecule has 0 radical (unpaired) electrons. The molecule has 0 aliphatic carbocycles. The summed E-state index contributed by atoms with van der Waals surface area (Å²) in [5, 5.41) is 12.3. The second-order valence-corrected chi connectivity index (χ2v) is 6.45. The smallest absolute Gasteiger partial charge is 0.223 e. The van der Waals surface area contributed by atoms with Crippen molar-refractivity contribution in [1.29, 1.82) is 0 Å². The third kappa shape index (κ3) is 5.84. The number of rotatable bonds is 7. The van der Waals surface area contributed by atoms with Gasteiger partial charge in [-0.3, -0.25) is 4.79 Å². The normalized spacial score (nSPS) is 12.4. The molecule has 0 saturated carbocycles. The fraction of sp³-hybridized carbons (Fsp3) is 0.667. The number of hydrogen-bond acceptors (Lipinski definition) is 5. The van der Waals surface area contributed by atoms with Crippen LogP contribution in [-0.4, -0.2) is 46.3 Å². The fourth-order valence-corrected chi connectivity index (χ4v) is 3.04. The predicted molar refractivity (Wildman–Crippen MR) is 76.9 cm³/mol. The molecule has 0 fully saturated rings. The van der Waals surface area contributed by atoms with Crippen LogP contribution in [-0.2, 0) is 10.5 Å². The van der Waals surface area contributed by atoms with Crippen LogP contribution in [0.15, 0.2) is 5.38 Å². The van der Waals surface area contributed by atoms with Crippen LogP contribution in [0.5, 0.6) is 0 Å². The third-order valence-corrected chi connectivity index (χ3v) is 4.16. The Balaban J connectivity index is 2.15. The first kappa shape index (κ1) is 15.5. The summed E-state index contributed by atoms with van der Waals surface area (Å²) in [5.41, 5.74) is 1.09. The zero-order valence-electron chi connectivity index (χ0n) is 11.0. The average Bonchev–Trinajstić information content (AvgIpc) is 2.69. The summed E-state index contributed by atoms with van der Waals surface area (Å²) in [6.07, 6.45) is 0.0429. The number of hydrogen-bond donors (Lipinski definition) is 1. The van der Waals surface area contributed by atoms with Crippen LogP contribution >= 0.6 is 23.1 Å². The molecule has 0 aliphatic heterocycles. The molecule has 0 spiro atoms. The van der Waals surface area contributed by atoms with Crippen molar-refractivity contribution in [2.75, 3.05) is 19.3 Å². The summed E-state index contributed by atoms with van der Waals surface area (Å²) >= 11 is 3.37. The highest BCUT2D eigenvalue weighted by Gasteiger charge is 2.10. The highest BCUT2D eigenvalue weighted by molar-refractivity contribution is 7.98. The van der Waals surface area contributed by atoms with E-state index in [1.807, 2.05) is 6.92 Å². The lowest BCUT2D eigenvalue weighted by molar-refractivity contribution is -0.130. The quantitative estimate of drug-likeness (QED) is 0.779. The third-order valence-electron chi connectivity index (χ3n) is 2.34. The highest BCUT2D eigenvalue weighted by atomic mass is 32.2. The molecule has 18 heavy (non-hydrogen) atoms. The molecule has 102 valence electrons. The minimum atomic E-state index is -0.468. The van der Waals surface area contributed by atoms with E-state index in [-0.39, 0.29) is 5.91 Å². The number of likely N-dealkylation sites (N-methyl/N-ethyl adjacent to an activating group) is 1. The van der Waals surface area contributed by atoms with E-state index in [4.69, 9.17) is 0 Å². The monoisotopic (exact) mass is 288 g/mol. The minimum Gasteiger partial charge on any atom is -0.392 e. The van der Waals surface area contributed by atoms with Crippen LogP contribution in [0.4, 0.5) is 0 Å². The predicted octanol–water partition coefficient (Wildman–Crippen LogP) is 1.91. The van der Waals surface area contributed by atoms with Gasteiger partial charge in [0.05, 0.1) is 16.8 Å². The number of aryl methyl sites for hydroxylation is 1. The van der Waals surface area contributed by atoms with Gasteiger partial charge in [0.25, 0.3) is 0 Å². The Bertz CT molecular complexity index is 380. The first-order valence-electron chi connectivity index (χ1n) is 5.90. The molecule has 1 N–H and O–H groups in total. The van der Waals surface area contributed by atoms with E-state index in [1.165, 1.54) is 0 Å². The molecular weight excluding hydrogens is 268 g/mol. The molecule has 1 atom stereocenters. The molecule has 4 nitrogen and oxygen atoms in total. The zero-order chi connectivity index (χ0) is 13.5. The number of aliphatic hydroxyl groups excluding tert-OH is 1. The van der Waals surface area contributed by atoms with Gasteiger partial charge in [-0.2, -0.15) is 11.8 Å². The molecule has 0 aliphatic rings. The lowest BCUT2D eigenvalue weighted by Gasteiger charge is -2.18. The van der Waals surface area contributed by atoms with Gasteiger partial charge in [0.1, 0.15) is 0 Å². The van der Waals surface area contributed by atoms with Gasteiger partial charge in [-0.05, 0) is 13.8 Å². The van der Waals surface area contributed by atoms with E-state index < -0.39 is 6.10 Å². The van der Waals surface area contributed by atoms with Gasteiger partial charge in [0.15, 0.2) is 0 Å². The Morgan fingerprint density at radius 2 is 2.39 bits per heavy atom. The van der Waals surface area contributed by atoms with E-state index in [9.17, 15) is 9.90 Å². The van der Waals surface area contributed by atoms with Crippen molar-refractivity contribution >= 4 is 29.0 Å². The molecular formula is C12H20N2O2S2. The number of thioether (sulfide) groups is 1. The number of amides is 1. The highest BCUT2D eigenvalue weighted by Crippen LogP contribution is 2.15. The summed E-state index contributed by atoms with van der Waals surface area (Å²) in [6.45, 7) is 4.07.